The molecule has 0 fully saturated rings. The number of rotatable bonds is 10. The quantitative estimate of drug-likeness (QED) is 0.374. The summed E-state index contributed by atoms with van der Waals surface area (Å²) < 4.78 is 7.05. The van der Waals surface area contributed by atoms with Crippen molar-refractivity contribution in [1.82, 2.24) is 35.1 Å². The van der Waals surface area contributed by atoms with Crippen LogP contribution in [0.15, 0.2) is 47.5 Å². The van der Waals surface area contributed by atoms with E-state index in [0.717, 1.165) is 27.9 Å². The summed E-state index contributed by atoms with van der Waals surface area (Å²) in [5, 5.41) is 13.6. The van der Waals surface area contributed by atoms with Gasteiger partial charge in [-0.3, -0.25) is 14.7 Å². The summed E-state index contributed by atoms with van der Waals surface area (Å²) in [6.45, 7) is 10.5. The molecule has 9 heteroatoms. The monoisotopic (exact) mass is 475 g/mol. The van der Waals surface area contributed by atoms with Gasteiger partial charge in [0.05, 0.1) is 19.2 Å². The van der Waals surface area contributed by atoms with Crippen LogP contribution >= 0.6 is 0 Å². The number of tetrazole rings is 1. The van der Waals surface area contributed by atoms with Gasteiger partial charge in [-0.2, -0.15) is 0 Å². The molecule has 0 spiro atoms. The van der Waals surface area contributed by atoms with Crippen molar-refractivity contribution in [3.63, 3.8) is 0 Å². The van der Waals surface area contributed by atoms with Crippen LogP contribution in [0.3, 0.4) is 0 Å². The molecule has 9 nitrogen and oxygen atoms in total. The van der Waals surface area contributed by atoms with Crippen LogP contribution in [0.1, 0.15) is 48.0 Å². The van der Waals surface area contributed by atoms with Crippen LogP contribution in [0, 0.1) is 19.8 Å². The van der Waals surface area contributed by atoms with E-state index in [-0.39, 0.29) is 17.5 Å². The number of aromatic nitrogens is 6. The van der Waals surface area contributed by atoms with E-state index >= 15 is 0 Å². The summed E-state index contributed by atoms with van der Waals surface area (Å²) >= 11 is 0. The molecule has 0 amide bonds. The maximum Gasteiger partial charge on any atom is 0.252 e. The van der Waals surface area contributed by atoms with E-state index in [2.05, 4.69) is 64.2 Å². The highest BCUT2D eigenvalue weighted by Gasteiger charge is 2.30. The molecule has 184 valence electrons. The Balaban J connectivity index is 1.76. The van der Waals surface area contributed by atoms with Gasteiger partial charge in [0.1, 0.15) is 0 Å². The number of pyridine rings is 2. The molecule has 4 aromatic rings. The van der Waals surface area contributed by atoms with Crippen LogP contribution in [-0.4, -0.2) is 48.8 Å². The van der Waals surface area contributed by atoms with E-state index in [4.69, 9.17) is 4.74 Å². The Morgan fingerprint density at radius 2 is 1.94 bits per heavy atom. The fourth-order valence-corrected chi connectivity index (χ4v) is 4.48. The van der Waals surface area contributed by atoms with Gasteiger partial charge in [0.15, 0.2) is 5.82 Å². The minimum atomic E-state index is -0.128. The van der Waals surface area contributed by atoms with E-state index in [0.29, 0.717) is 31.8 Å². The van der Waals surface area contributed by atoms with Crippen molar-refractivity contribution in [2.24, 2.45) is 5.92 Å². The fourth-order valence-electron chi connectivity index (χ4n) is 4.48. The lowest BCUT2D eigenvalue weighted by atomic mass is 9.99. The number of hydrogen-bond donors (Lipinski definition) is 1. The lowest BCUT2D eigenvalue weighted by Crippen LogP contribution is -2.35. The third-order valence-electron chi connectivity index (χ3n) is 6.37. The fraction of sp³-hybridized carbons (Fsp3) is 0.423. The number of nitrogens with one attached hydrogen (secondary N) is 1. The Kier molecular flexibility index (Phi) is 7.67. The zero-order chi connectivity index (χ0) is 24.9. The van der Waals surface area contributed by atoms with Gasteiger partial charge >= 0.3 is 0 Å². The topological polar surface area (TPSA) is 102 Å². The lowest BCUT2D eigenvalue weighted by Gasteiger charge is -2.33. The molecule has 3 heterocycles. The molecular weight excluding hydrogens is 442 g/mol. The highest BCUT2D eigenvalue weighted by Crippen LogP contribution is 2.30. The zero-order valence-corrected chi connectivity index (χ0v) is 21.0. The van der Waals surface area contributed by atoms with Gasteiger partial charge in [0.2, 0.25) is 0 Å². The van der Waals surface area contributed by atoms with Crippen LogP contribution in [0.2, 0.25) is 0 Å². The van der Waals surface area contributed by atoms with E-state index in [9.17, 15) is 4.79 Å². The van der Waals surface area contributed by atoms with Gasteiger partial charge in [-0.25, -0.2) is 4.68 Å². The van der Waals surface area contributed by atoms with Crippen molar-refractivity contribution in [2.75, 3.05) is 13.7 Å². The molecule has 3 aromatic heterocycles. The molecule has 1 atom stereocenters. The highest BCUT2D eigenvalue weighted by molar-refractivity contribution is 5.80. The first-order valence-electron chi connectivity index (χ1n) is 11.9. The molecular formula is C26H33N7O2. The number of aryl methyl sites for hydroxylation is 2. The van der Waals surface area contributed by atoms with Crippen molar-refractivity contribution < 1.29 is 4.74 Å². The largest absolute Gasteiger partial charge is 0.383 e. The lowest BCUT2D eigenvalue weighted by molar-refractivity contribution is 0.121. The number of aromatic amines is 1. The molecule has 0 bridgehead atoms. The molecule has 0 aliphatic heterocycles. The Labute approximate surface area is 205 Å². The van der Waals surface area contributed by atoms with Gasteiger partial charge in [-0.15, -0.1) is 5.10 Å². The second-order valence-electron chi connectivity index (χ2n) is 9.36. The van der Waals surface area contributed by atoms with Crippen LogP contribution in [0.5, 0.6) is 0 Å². The second-order valence-corrected chi connectivity index (χ2v) is 9.36. The van der Waals surface area contributed by atoms with Crippen molar-refractivity contribution in [2.45, 2.75) is 53.4 Å². The predicted molar refractivity (Wildman–Crippen MR) is 135 cm³/mol. The Morgan fingerprint density at radius 3 is 2.66 bits per heavy atom. The molecule has 0 saturated carbocycles. The predicted octanol–water partition coefficient (Wildman–Crippen LogP) is 3.57. The number of hydrogen-bond acceptors (Lipinski definition) is 7. The van der Waals surface area contributed by atoms with E-state index in [1.165, 1.54) is 5.56 Å². The molecule has 35 heavy (non-hydrogen) atoms. The Morgan fingerprint density at radius 1 is 1.14 bits per heavy atom. The minimum Gasteiger partial charge on any atom is -0.383 e. The molecule has 0 aliphatic carbocycles. The number of benzene rings is 1. The summed E-state index contributed by atoms with van der Waals surface area (Å²) in [5.74, 6) is 0.938. The average molecular weight is 476 g/mol. The minimum absolute atomic E-state index is 0.0848. The van der Waals surface area contributed by atoms with E-state index < -0.39 is 0 Å². The molecule has 1 aromatic carbocycles. The summed E-state index contributed by atoms with van der Waals surface area (Å²) in [4.78, 5) is 22.8. The van der Waals surface area contributed by atoms with Gasteiger partial charge < -0.3 is 9.72 Å². The highest BCUT2D eigenvalue weighted by atomic mass is 16.5. The zero-order valence-electron chi connectivity index (χ0n) is 21.0. The third kappa shape index (κ3) is 5.63. The standard InChI is InChI=1S/C26H33N7O2/c1-17(2)24(25-29-30-31-33(25)9-10-35-5)32(15-20-7-6-8-27-14-20)16-22-13-21-11-18(3)19(4)12-23(21)28-26(22)34/h6-8,11-14,17,24H,9-10,15-16H2,1-5H3,(H,28,34)/t24-/m1/s1. The summed E-state index contributed by atoms with van der Waals surface area (Å²) in [7, 11) is 1.66. The van der Waals surface area contributed by atoms with Gasteiger partial charge in [-0.05, 0) is 76.5 Å². The molecule has 0 unspecified atom stereocenters. The Hall–Kier alpha value is -3.43. The van der Waals surface area contributed by atoms with Crippen LogP contribution < -0.4 is 5.56 Å². The van der Waals surface area contributed by atoms with Crippen LogP contribution in [0.25, 0.3) is 10.9 Å². The van der Waals surface area contributed by atoms with Crippen LogP contribution in [-0.2, 0) is 24.4 Å². The normalized spacial score (nSPS) is 12.7. The van der Waals surface area contributed by atoms with Crippen LogP contribution in [0.4, 0.5) is 0 Å². The smallest absolute Gasteiger partial charge is 0.252 e. The molecule has 0 radical (unpaired) electrons. The Bertz CT molecular complexity index is 1330. The maximum atomic E-state index is 13.1. The molecule has 4 rings (SSSR count). The van der Waals surface area contributed by atoms with Gasteiger partial charge in [0, 0.05) is 43.7 Å². The maximum absolute atomic E-state index is 13.1. The first-order chi connectivity index (χ1) is 16.9. The van der Waals surface area contributed by atoms with E-state index in [1.807, 2.05) is 30.5 Å². The number of fused-ring (bicyclic) bond motifs is 1. The van der Waals surface area contributed by atoms with Crippen molar-refractivity contribution in [1.29, 1.82) is 0 Å². The summed E-state index contributed by atoms with van der Waals surface area (Å²) in [6.07, 6.45) is 3.62. The molecule has 0 saturated heterocycles. The third-order valence-corrected chi connectivity index (χ3v) is 6.37. The SMILES string of the molecule is COCCn1nnnc1[C@@H](C(C)C)N(Cc1cccnc1)Cc1cc2cc(C)c(C)cc2[nH]c1=O. The molecule has 1 N–H and O–H groups in total. The van der Waals surface area contributed by atoms with E-state index in [1.54, 1.807) is 18.0 Å². The first kappa shape index (κ1) is 24.7. The number of ether oxygens (including phenoxy) is 1. The summed E-state index contributed by atoms with van der Waals surface area (Å²) in [6, 6.07) is 10.0. The number of methoxy groups -OCH3 is 1. The molecule has 0 aliphatic rings. The number of nitrogens with zero attached hydrogens (tertiary/aromatic N) is 6. The second kappa shape index (κ2) is 10.9. The summed E-state index contributed by atoms with van der Waals surface area (Å²) in [5.41, 5.74) is 4.87. The van der Waals surface area contributed by atoms with Crippen molar-refractivity contribution in [3.05, 3.63) is 81.2 Å². The number of H-pyrrole nitrogens is 1. The first-order valence-corrected chi connectivity index (χ1v) is 11.9. The average Bonchev–Trinajstić information content (AvgIpc) is 3.28. The van der Waals surface area contributed by atoms with Crippen molar-refractivity contribution in [3.8, 4) is 0 Å². The van der Waals surface area contributed by atoms with Gasteiger partial charge in [-0.1, -0.05) is 19.9 Å². The van der Waals surface area contributed by atoms with Gasteiger partial charge in [0.25, 0.3) is 5.56 Å². The van der Waals surface area contributed by atoms with Crippen molar-refractivity contribution >= 4 is 10.9 Å².